The summed E-state index contributed by atoms with van der Waals surface area (Å²) in [5.74, 6) is 0.625. The Kier molecular flexibility index (Phi) is 4.14. The highest BCUT2D eigenvalue weighted by Gasteiger charge is 2.33. The monoisotopic (exact) mass is 300 g/mol. The number of fused-ring (bicyclic) bond motifs is 1. The highest BCUT2D eigenvalue weighted by molar-refractivity contribution is 6.00. The molecule has 0 N–H and O–H groups in total. The van der Waals surface area contributed by atoms with Gasteiger partial charge in [-0.3, -0.25) is 4.90 Å². The molecule has 4 nitrogen and oxygen atoms in total. The zero-order valence-corrected chi connectivity index (χ0v) is 14.2. The molecule has 0 radical (unpaired) electrons. The van der Waals surface area contributed by atoms with Gasteiger partial charge in [-0.1, -0.05) is 24.3 Å². The first kappa shape index (κ1) is 16.3. The number of ether oxygens (including phenoxy) is 1. The van der Waals surface area contributed by atoms with Crippen molar-refractivity contribution in [1.82, 2.24) is 4.98 Å². The number of nitrogens with zero attached hydrogens (tertiary/aromatic N) is 2. The van der Waals surface area contributed by atoms with Gasteiger partial charge in [-0.2, -0.15) is 0 Å². The van der Waals surface area contributed by atoms with Crippen LogP contribution >= 0.6 is 0 Å². The number of hydrogen-bond acceptors (Lipinski definition) is 3. The topological polar surface area (TPSA) is 42.4 Å². The molecule has 0 saturated heterocycles. The lowest BCUT2D eigenvalue weighted by molar-refractivity contribution is 0.0549. The molecule has 22 heavy (non-hydrogen) atoms. The lowest BCUT2D eigenvalue weighted by Gasteiger charge is -2.36. The molecule has 0 aliphatic rings. The highest BCUT2D eigenvalue weighted by Crippen LogP contribution is 2.30. The van der Waals surface area contributed by atoms with E-state index >= 15 is 0 Å². The van der Waals surface area contributed by atoms with Gasteiger partial charge in [-0.05, 0) is 53.0 Å². The average molecular weight is 300 g/mol. The second-order valence-electron chi connectivity index (χ2n) is 7.34. The van der Waals surface area contributed by atoms with E-state index in [4.69, 9.17) is 4.74 Å². The molecule has 0 bridgehead atoms. The standard InChI is InChI=1S/C18H24N2O2/c1-17(2,3)20(16(21)22-18(4,5)6)15-14-10-8-7-9-13(14)11-12-19-15/h7-12H,1-6H3. The van der Waals surface area contributed by atoms with Crippen LogP contribution in [-0.4, -0.2) is 22.2 Å². The third-order valence-corrected chi connectivity index (χ3v) is 3.11. The van der Waals surface area contributed by atoms with Gasteiger partial charge in [0.1, 0.15) is 11.4 Å². The molecule has 1 amide bonds. The quantitative estimate of drug-likeness (QED) is 0.761. The number of hydrogen-bond donors (Lipinski definition) is 0. The minimum Gasteiger partial charge on any atom is -0.443 e. The summed E-state index contributed by atoms with van der Waals surface area (Å²) in [5, 5.41) is 1.98. The van der Waals surface area contributed by atoms with E-state index in [1.807, 2.05) is 71.9 Å². The van der Waals surface area contributed by atoms with Crippen molar-refractivity contribution in [2.45, 2.75) is 52.7 Å². The summed E-state index contributed by atoms with van der Waals surface area (Å²) >= 11 is 0. The highest BCUT2D eigenvalue weighted by atomic mass is 16.6. The Morgan fingerprint density at radius 1 is 1.05 bits per heavy atom. The van der Waals surface area contributed by atoms with Crippen LogP contribution in [0.1, 0.15) is 41.5 Å². The van der Waals surface area contributed by atoms with Crippen LogP contribution in [0.2, 0.25) is 0 Å². The maximum Gasteiger partial charge on any atom is 0.416 e. The average Bonchev–Trinajstić information content (AvgIpc) is 2.35. The number of pyridine rings is 1. The van der Waals surface area contributed by atoms with E-state index in [9.17, 15) is 4.79 Å². The summed E-state index contributed by atoms with van der Waals surface area (Å²) in [6.45, 7) is 11.5. The smallest absolute Gasteiger partial charge is 0.416 e. The third-order valence-electron chi connectivity index (χ3n) is 3.11. The van der Waals surface area contributed by atoms with Gasteiger partial charge in [0.05, 0.1) is 0 Å². The van der Waals surface area contributed by atoms with E-state index in [1.165, 1.54) is 0 Å². The van der Waals surface area contributed by atoms with E-state index in [0.717, 1.165) is 10.8 Å². The van der Waals surface area contributed by atoms with Crippen LogP contribution < -0.4 is 4.90 Å². The van der Waals surface area contributed by atoms with Gasteiger partial charge < -0.3 is 4.74 Å². The van der Waals surface area contributed by atoms with Crippen LogP contribution in [0.5, 0.6) is 0 Å². The SMILES string of the molecule is CC(C)(C)OC(=O)N(c1nccc2ccccc12)C(C)(C)C. The van der Waals surface area contributed by atoms with E-state index in [2.05, 4.69) is 4.98 Å². The number of anilines is 1. The fourth-order valence-electron chi connectivity index (χ4n) is 2.27. The largest absolute Gasteiger partial charge is 0.443 e. The lowest BCUT2D eigenvalue weighted by Crippen LogP contribution is -2.48. The minimum atomic E-state index is -0.550. The van der Waals surface area contributed by atoms with Crippen LogP contribution in [0.15, 0.2) is 36.5 Å². The summed E-state index contributed by atoms with van der Waals surface area (Å²) in [6.07, 6.45) is 1.34. The van der Waals surface area contributed by atoms with Gasteiger partial charge in [0, 0.05) is 17.1 Å². The number of aromatic nitrogens is 1. The molecule has 0 aliphatic heterocycles. The molecule has 0 unspecified atom stereocenters. The Morgan fingerprint density at radius 3 is 2.27 bits per heavy atom. The van der Waals surface area contributed by atoms with Crippen LogP contribution in [0.3, 0.4) is 0 Å². The molecule has 0 saturated carbocycles. The van der Waals surface area contributed by atoms with Gasteiger partial charge in [0.15, 0.2) is 0 Å². The van der Waals surface area contributed by atoms with Gasteiger partial charge in [-0.15, -0.1) is 0 Å². The van der Waals surface area contributed by atoms with Gasteiger partial charge in [-0.25, -0.2) is 9.78 Å². The molecule has 0 fully saturated rings. The molecule has 1 aromatic heterocycles. The van der Waals surface area contributed by atoms with Crippen molar-refractivity contribution < 1.29 is 9.53 Å². The summed E-state index contributed by atoms with van der Waals surface area (Å²) in [5.41, 5.74) is -0.995. The lowest BCUT2D eigenvalue weighted by atomic mass is 10.0. The Hall–Kier alpha value is -2.10. The third kappa shape index (κ3) is 3.56. The van der Waals surface area contributed by atoms with Crippen molar-refractivity contribution in [3.63, 3.8) is 0 Å². The molecule has 1 aromatic carbocycles. The second kappa shape index (κ2) is 5.59. The molecule has 118 valence electrons. The summed E-state index contributed by atoms with van der Waals surface area (Å²) in [6, 6.07) is 9.84. The van der Waals surface area contributed by atoms with E-state index in [1.54, 1.807) is 11.1 Å². The first-order valence-electron chi connectivity index (χ1n) is 7.46. The number of carbonyl (C=O) groups is 1. The van der Waals surface area contributed by atoms with Gasteiger partial charge >= 0.3 is 6.09 Å². The molecular weight excluding hydrogens is 276 g/mol. The summed E-state index contributed by atoms with van der Waals surface area (Å²) < 4.78 is 5.58. The van der Waals surface area contributed by atoms with E-state index < -0.39 is 11.1 Å². The van der Waals surface area contributed by atoms with E-state index in [-0.39, 0.29) is 6.09 Å². The molecule has 0 atom stereocenters. The van der Waals surface area contributed by atoms with Crippen molar-refractivity contribution in [3.05, 3.63) is 36.5 Å². The van der Waals surface area contributed by atoms with Crippen LogP contribution in [0.25, 0.3) is 10.8 Å². The Morgan fingerprint density at radius 2 is 1.68 bits per heavy atom. The number of rotatable bonds is 1. The Labute approximate surface area is 132 Å². The maximum absolute atomic E-state index is 12.7. The first-order chi connectivity index (χ1) is 10.1. The molecule has 4 heteroatoms. The zero-order valence-electron chi connectivity index (χ0n) is 14.2. The van der Waals surface area contributed by atoms with Crippen molar-refractivity contribution in [3.8, 4) is 0 Å². The number of benzene rings is 1. The normalized spacial score (nSPS) is 12.3. The summed E-state index contributed by atoms with van der Waals surface area (Å²) in [7, 11) is 0. The molecule has 1 heterocycles. The van der Waals surface area contributed by atoms with Crippen molar-refractivity contribution in [2.75, 3.05) is 4.90 Å². The molecule has 2 aromatic rings. The predicted molar refractivity (Wildman–Crippen MR) is 90.2 cm³/mol. The fourth-order valence-corrected chi connectivity index (χ4v) is 2.27. The minimum absolute atomic E-state index is 0.385. The summed E-state index contributed by atoms with van der Waals surface area (Å²) in [4.78, 5) is 18.8. The van der Waals surface area contributed by atoms with Crippen molar-refractivity contribution in [1.29, 1.82) is 0 Å². The Bertz CT molecular complexity index is 676. The van der Waals surface area contributed by atoms with Crippen LogP contribution in [0.4, 0.5) is 10.6 Å². The molecular formula is C18H24N2O2. The van der Waals surface area contributed by atoms with Crippen LogP contribution in [0, 0.1) is 0 Å². The Balaban J connectivity index is 2.56. The van der Waals surface area contributed by atoms with Gasteiger partial charge in [0.2, 0.25) is 0 Å². The number of carbonyl (C=O) groups excluding carboxylic acids is 1. The van der Waals surface area contributed by atoms with E-state index in [0.29, 0.717) is 5.82 Å². The predicted octanol–water partition coefficient (Wildman–Crippen LogP) is 4.77. The maximum atomic E-state index is 12.7. The van der Waals surface area contributed by atoms with Crippen LogP contribution in [-0.2, 0) is 4.74 Å². The van der Waals surface area contributed by atoms with Crippen molar-refractivity contribution >= 4 is 22.7 Å². The molecule has 0 aliphatic carbocycles. The second-order valence-corrected chi connectivity index (χ2v) is 7.34. The number of amides is 1. The first-order valence-corrected chi connectivity index (χ1v) is 7.46. The zero-order chi connectivity index (χ0) is 16.5. The molecule has 0 spiro atoms. The van der Waals surface area contributed by atoms with Gasteiger partial charge in [0.25, 0.3) is 0 Å². The van der Waals surface area contributed by atoms with Crippen molar-refractivity contribution in [2.24, 2.45) is 0 Å². The fraction of sp³-hybridized carbons (Fsp3) is 0.444. The molecule has 2 rings (SSSR count).